The van der Waals surface area contributed by atoms with E-state index < -0.39 is 0 Å². The van der Waals surface area contributed by atoms with Gasteiger partial charge in [-0.15, -0.1) is 0 Å². The Hall–Kier alpha value is -1.74. The zero-order valence-corrected chi connectivity index (χ0v) is 12.6. The summed E-state index contributed by atoms with van der Waals surface area (Å²) in [7, 11) is 2.08. The second-order valence-electron chi connectivity index (χ2n) is 5.05. The van der Waals surface area contributed by atoms with Crippen molar-refractivity contribution in [2.24, 2.45) is 0 Å². The molecule has 0 fully saturated rings. The molecule has 3 heteroatoms. The molecule has 0 aliphatic rings. The van der Waals surface area contributed by atoms with Crippen molar-refractivity contribution in [3.63, 3.8) is 0 Å². The topological polar surface area (TPSA) is 28.4 Å². The van der Waals surface area contributed by atoms with Crippen molar-refractivity contribution in [2.75, 3.05) is 18.5 Å². The molecule has 1 atom stereocenters. The minimum Gasteiger partial charge on any atom is -0.467 e. The van der Waals surface area contributed by atoms with Gasteiger partial charge < -0.3 is 14.6 Å². The maximum atomic E-state index is 5.39. The fourth-order valence-corrected chi connectivity index (χ4v) is 2.43. The van der Waals surface area contributed by atoms with Crippen molar-refractivity contribution >= 4 is 5.69 Å². The molecule has 0 aliphatic carbocycles. The minimum atomic E-state index is 0.449. The van der Waals surface area contributed by atoms with Crippen molar-refractivity contribution in [3.8, 4) is 0 Å². The number of furan rings is 1. The maximum Gasteiger partial charge on any atom is 0.123 e. The molecule has 0 bridgehead atoms. The third-order valence-electron chi connectivity index (χ3n) is 3.57. The molecule has 1 aromatic heterocycles. The van der Waals surface area contributed by atoms with E-state index in [4.69, 9.17) is 4.42 Å². The lowest BCUT2D eigenvalue weighted by atomic mass is 10.0. The molecule has 108 valence electrons. The molecule has 1 N–H and O–H groups in total. The Balaban J connectivity index is 2.03. The van der Waals surface area contributed by atoms with Gasteiger partial charge in [-0.3, -0.25) is 0 Å². The average molecular weight is 272 g/mol. The third kappa shape index (κ3) is 3.64. The van der Waals surface area contributed by atoms with E-state index in [1.54, 1.807) is 6.26 Å². The van der Waals surface area contributed by atoms with E-state index in [1.165, 1.54) is 11.3 Å². The van der Waals surface area contributed by atoms with Crippen LogP contribution in [0.2, 0.25) is 0 Å². The normalized spacial score (nSPS) is 12.3. The Bertz CT molecular complexity index is 490. The number of hydrogen-bond acceptors (Lipinski definition) is 3. The number of anilines is 1. The van der Waals surface area contributed by atoms with Gasteiger partial charge in [-0.1, -0.05) is 26.0 Å². The highest BCUT2D eigenvalue weighted by atomic mass is 16.3. The van der Waals surface area contributed by atoms with Crippen LogP contribution in [0.3, 0.4) is 0 Å². The molecule has 0 radical (unpaired) electrons. The van der Waals surface area contributed by atoms with Gasteiger partial charge in [0, 0.05) is 18.8 Å². The zero-order chi connectivity index (χ0) is 14.4. The van der Waals surface area contributed by atoms with Crippen LogP contribution in [0, 0.1) is 0 Å². The molecule has 2 aromatic rings. The molecule has 0 saturated carbocycles. The second-order valence-corrected chi connectivity index (χ2v) is 5.05. The molecule has 0 aliphatic heterocycles. The number of nitrogens with zero attached hydrogens (tertiary/aromatic N) is 1. The fraction of sp³-hybridized carbons (Fsp3) is 0.412. The zero-order valence-electron chi connectivity index (χ0n) is 12.6. The van der Waals surface area contributed by atoms with Crippen LogP contribution in [0.15, 0.2) is 47.1 Å². The largest absolute Gasteiger partial charge is 0.467 e. The van der Waals surface area contributed by atoms with Crippen LogP contribution in [0.1, 0.15) is 37.6 Å². The van der Waals surface area contributed by atoms with Gasteiger partial charge in [0.05, 0.1) is 12.8 Å². The van der Waals surface area contributed by atoms with Crippen molar-refractivity contribution in [2.45, 2.75) is 32.9 Å². The number of benzene rings is 1. The molecule has 20 heavy (non-hydrogen) atoms. The van der Waals surface area contributed by atoms with E-state index in [-0.39, 0.29) is 0 Å². The predicted octanol–water partition coefficient (Wildman–Crippen LogP) is 3.98. The Morgan fingerprint density at radius 2 is 1.90 bits per heavy atom. The van der Waals surface area contributed by atoms with Gasteiger partial charge in [0.25, 0.3) is 0 Å². The molecular formula is C17H24N2O. The highest BCUT2D eigenvalue weighted by Crippen LogP contribution is 2.21. The van der Waals surface area contributed by atoms with Crippen molar-refractivity contribution < 1.29 is 4.42 Å². The third-order valence-corrected chi connectivity index (χ3v) is 3.57. The SMILES string of the molecule is CCNC(CC)c1ccc(N(C)Cc2ccco2)cc1. The summed E-state index contributed by atoms with van der Waals surface area (Å²) in [5.41, 5.74) is 2.56. The first kappa shape index (κ1) is 14.7. The summed E-state index contributed by atoms with van der Waals surface area (Å²) in [6.45, 7) is 6.15. The molecule has 1 aromatic carbocycles. The lowest BCUT2D eigenvalue weighted by Gasteiger charge is -2.20. The quantitative estimate of drug-likeness (QED) is 0.826. The van der Waals surface area contributed by atoms with Crippen LogP contribution in [-0.4, -0.2) is 13.6 Å². The predicted molar refractivity (Wildman–Crippen MR) is 84.0 cm³/mol. The first-order valence-electron chi connectivity index (χ1n) is 7.31. The Morgan fingerprint density at radius 1 is 1.15 bits per heavy atom. The Labute approximate surface area is 121 Å². The summed E-state index contributed by atoms with van der Waals surface area (Å²) in [4.78, 5) is 2.19. The second kappa shape index (κ2) is 7.15. The highest BCUT2D eigenvalue weighted by Gasteiger charge is 2.09. The van der Waals surface area contributed by atoms with Crippen LogP contribution < -0.4 is 10.2 Å². The monoisotopic (exact) mass is 272 g/mol. The van der Waals surface area contributed by atoms with E-state index in [0.29, 0.717) is 6.04 Å². The van der Waals surface area contributed by atoms with Crippen LogP contribution in [-0.2, 0) is 6.54 Å². The van der Waals surface area contributed by atoms with Gasteiger partial charge in [-0.25, -0.2) is 0 Å². The lowest BCUT2D eigenvalue weighted by Crippen LogP contribution is -2.20. The van der Waals surface area contributed by atoms with Crippen molar-refractivity contribution in [1.29, 1.82) is 0 Å². The van der Waals surface area contributed by atoms with Crippen LogP contribution in [0.4, 0.5) is 5.69 Å². The summed E-state index contributed by atoms with van der Waals surface area (Å²) in [6.07, 6.45) is 2.82. The van der Waals surface area contributed by atoms with Crippen molar-refractivity contribution in [1.82, 2.24) is 5.32 Å². The number of nitrogens with one attached hydrogen (secondary N) is 1. The molecule has 2 rings (SSSR count). The minimum absolute atomic E-state index is 0.449. The molecule has 1 heterocycles. The lowest BCUT2D eigenvalue weighted by molar-refractivity contribution is 0.507. The number of rotatable bonds is 7. The van der Waals surface area contributed by atoms with Crippen LogP contribution in [0.5, 0.6) is 0 Å². The van der Waals surface area contributed by atoms with Gasteiger partial charge in [0.1, 0.15) is 5.76 Å². The van der Waals surface area contributed by atoms with Gasteiger partial charge in [0.2, 0.25) is 0 Å². The Morgan fingerprint density at radius 3 is 2.45 bits per heavy atom. The highest BCUT2D eigenvalue weighted by molar-refractivity contribution is 5.47. The average Bonchev–Trinajstić information content (AvgIpc) is 2.98. The van der Waals surface area contributed by atoms with Gasteiger partial charge in [-0.05, 0) is 42.8 Å². The smallest absolute Gasteiger partial charge is 0.123 e. The molecule has 1 unspecified atom stereocenters. The van der Waals surface area contributed by atoms with Crippen LogP contribution >= 0.6 is 0 Å². The standard InChI is InChI=1S/C17H24N2O/c1-4-17(18-5-2)14-8-10-15(11-9-14)19(3)13-16-7-6-12-20-16/h6-12,17-18H,4-5,13H2,1-3H3. The van der Waals surface area contributed by atoms with E-state index in [0.717, 1.165) is 25.3 Å². The van der Waals surface area contributed by atoms with Crippen LogP contribution in [0.25, 0.3) is 0 Å². The summed E-state index contributed by atoms with van der Waals surface area (Å²) in [5, 5.41) is 3.51. The molecule has 0 spiro atoms. The van der Waals surface area contributed by atoms with Crippen molar-refractivity contribution in [3.05, 3.63) is 54.0 Å². The summed E-state index contributed by atoms with van der Waals surface area (Å²) >= 11 is 0. The van der Waals surface area contributed by atoms with E-state index in [1.807, 2.05) is 12.1 Å². The first-order valence-corrected chi connectivity index (χ1v) is 7.31. The molecular weight excluding hydrogens is 248 g/mol. The van der Waals surface area contributed by atoms with Gasteiger partial charge in [0.15, 0.2) is 0 Å². The van der Waals surface area contributed by atoms with Gasteiger partial charge in [-0.2, -0.15) is 0 Å². The molecule has 3 nitrogen and oxygen atoms in total. The first-order chi connectivity index (χ1) is 9.74. The Kier molecular flexibility index (Phi) is 5.24. The summed E-state index contributed by atoms with van der Waals surface area (Å²) in [5.74, 6) is 0.982. The van der Waals surface area contributed by atoms with Gasteiger partial charge >= 0.3 is 0 Å². The summed E-state index contributed by atoms with van der Waals surface area (Å²) < 4.78 is 5.39. The molecule has 0 saturated heterocycles. The van der Waals surface area contributed by atoms with E-state index >= 15 is 0 Å². The van der Waals surface area contributed by atoms with E-state index in [2.05, 4.69) is 55.4 Å². The fourth-order valence-electron chi connectivity index (χ4n) is 2.43. The van der Waals surface area contributed by atoms with E-state index in [9.17, 15) is 0 Å². The summed E-state index contributed by atoms with van der Waals surface area (Å²) in [6, 6.07) is 13.2. The number of hydrogen-bond donors (Lipinski definition) is 1. The molecule has 0 amide bonds. The maximum absolute atomic E-state index is 5.39.